The lowest BCUT2D eigenvalue weighted by Gasteiger charge is -2.44. The number of quaternary nitrogens is 1. The van der Waals surface area contributed by atoms with E-state index in [1.165, 1.54) is 25.7 Å². The van der Waals surface area contributed by atoms with Gasteiger partial charge in [-0.3, -0.25) is 9.59 Å². The first-order chi connectivity index (χ1) is 13.1. The number of thioether (sulfide) groups is 1. The van der Waals surface area contributed by atoms with Crippen LogP contribution in [0.4, 0.5) is 5.69 Å². The molecule has 5 nitrogen and oxygen atoms in total. The van der Waals surface area contributed by atoms with Crippen LogP contribution in [0.5, 0.6) is 0 Å². The Morgan fingerprint density at radius 3 is 2.70 bits per heavy atom. The average molecular weight is 391 g/mol. The Morgan fingerprint density at radius 1 is 1.15 bits per heavy atom. The monoisotopic (exact) mass is 390 g/mol. The number of hydrogen-bond donors (Lipinski definition) is 2. The molecule has 1 saturated heterocycles. The fraction of sp³-hybridized carbons (Fsp3) is 0.619. The van der Waals surface area contributed by atoms with Crippen LogP contribution in [-0.4, -0.2) is 55.7 Å². The Balaban J connectivity index is 1.51. The predicted octanol–water partition coefficient (Wildman–Crippen LogP) is 2.04. The molecule has 6 heteroatoms. The van der Waals surface area contributed by atoms with E-state index in [0.29, 0.717) is 25.0 Å². The van der Waals surface area contributed by atoms with Crippen molar-refractivity contribution in [3.8, 4) is 0 Å². The van der Waals surface area contributed by atoms with Crippen LogP contribution in [-0.2, 0) is 9.59 Å². The normalized spacial score (nSPS) is 23.4. The molecule has 1 aromatic carbocycles. The summed E-state index contributed by atoms with van der Waals surface area (Å²) in [5.74, 6) is 0.862. The summed E-state index contributed by atoms with van der Waals surface area (Å²) >= 11 is 1.61. The quantitative estimate of drug-likeness (QED) is 0.731. The summed E-state index contributed by atoms with van der Waals surface area (Å²) in [4.78, 5) is 29.4. The number of amides is 2. The first-order valence-electron chi connectivity index (χ1n) is 10.1. The fourth-order valence-corrected chi connectivity index (χ4v) is 5.13. The van der Waals surface area contributed by atoms with Crippen molar-refractivity contribution < 1.29 is 14.5 Å². The number of para-hydroxylation sites is 1. The van der Waals surface area contributed by atoms with Crippen molar-refractivity contribution in [1.82, 2.24) is 4.90 Å². The molecule has 0 bridgehead atoms. The van der Waals surface area contributed by atoms with Gasteiger partial charge in [-0.2, -0.15) is 0 Å². The summed E-state index contributed by atoms with van der Waals surface area (Å²) < 4.78 is 0. The van der Waals surface area contributed by atoms with Crippen LogP contribution in [0.15, 0.2) is 29.2 Å². The molecule has 1 unspecified atom stereocenters. The van der Waals surface area contributed by atoms with Crippen LogP contribution in [0.2, 0.25) is 0 Å². The van der Waals surface area contributed by atoms with E-state index < -0.39 is 0 Å². The van der Waals surface area contributed by atoms with Crippen molar-refractivity contribution in [2.75, 3.05) is 38.3 Å². The van der Waals surface area contributed by atoms with E-state index in [-0.39, 0.29) is 11.8 Å². The Morgan fingerprint density at radius 2 is 1.89 bits per heavy atom. The number of carbonyl (C=O) groups is 2. The number of hydrogen-bond acceptors (Lipinski definition) is 3. The number of benzene rings is 1. The number of nitrogens with zero attached hydrogens (tertiary/aromatic N) is 1. The van der Waals surface area contributed by atoms with Gasteiger partial charge < -0.3 is 15.1 Å². The van der Waals surface area contributed by atoms with Gasteiger partial charge in [0.1, 0.15) is 0 Å². The largest absolute Gasteiger partial charge is 0.335 e. The van der Waals surface area contributed by atoms with Crippen molar-refractivity contribution in [3.63, 3.8) is 0 Å². The summed E-state index contributed by atoms with van der Waals surface area (Å²) in [5, 5.41) is 2.98. The van der Waals surface area contributed by atoms with Gasteiger partial charge in [-0.05, 0) is 50.0 Å². The van der Waals surface area contributed by atoms with Gasteiger partial charge in [0.15, 0.2) is 13.1 Å². The maximum atomic E-state index is 12.9. The number of anilines is 1. The number of likely N-dealkylation sites (N-methyl/N-ethyl adjacent to an activating group) is 1. The molecule has 0 aromatic heterocycles. The average Bonchev–Trinajstić information content (AvgIpc) is 2.67. The molecule has 3 rings (SSSR count). The molecule has 2 aliphatic rings. The third-order valence-corrected chi connectivity index (χ3v) is 6.66. The number of rotatable bonds is 6. The van der Waals surface area contributed by atoms with Crippen LogP contribution in [0.25, 0.3) is 0 Å². The number of piperidine rings is 1. The van der Waals surface area contributed by atoms with Crippen LogP contribution >= 0.6 is 11.8 Å². The number of nitrogens with one attached hydrogen (secondary N) is 2. The standard InChI is InChI=1S/C21H31N3O2S/c1-23(14-20(25)22-17-10-4-6-12-19(17)27-2)15-21(26)24-13-7-9-16-8-3-5-11-18(16)24/h4,6,10,12,16,18H,3,5,7-9,11,13-15H2,1-2H3,(H,22,25)/p+1/t16-,18-/m0/s1. The van der Waals surface area contributed by atoms with Crippen molar-refractivity contribution >= 4 is 29.3 Å². The Labute approximate surface area is 166 Å². The Kier molecular flexibility index (Phi) is 7.19. The zero-order chi connectivity index (χ0) is 19.2. The highest BCUT2D eigenvalue weighted by Crippen LogP contribution is 2.35. The van der Waals surface area contributed by atoms with Crippen LogP contribution in [0, 0.1) is 5.92 Å². The zero-order valence-electron chi connectivity index (χ0n) is 16.5. The summed E-state index contributed by atoms with van der Waals surface area (Å²) in [7, 11) is 1.93. The summed E-state index contributed by atoms with van der Waals surface area (Å²) in [6.07, 6.45) is 9.37. The SMILES string of the molecule is CSc1ccccc1NC(=O)C[NH+](C)CC(=O)N1CCC[C@@H]2CCCC[C@@H]21. The van der Waals surface area contributed by atoms with E-state index in [4.69, 9.17) is 0 Å². The smallest absolute Gasteiger partial charge is 0.279 e. The number of fused-ring (bicyclic) bond motifs is 1. The molecule has 27 heavy (non-hydrogen) atoms. The molecule has 148 valence electrons. The van der Waals surface area contributed by atoms with Crippen LogP contribution in [0.3, 0.4) is 0 Å². The van der Waals surface area contributed by atoms with Gasteiger partial charge in [0, 0.05) is 17.5 Å². The molecule has 2 N–H and O–H groups in total. The van der Waals surface area contributed by atoms with Crippen LogP contribution < -0.4 is 10.2 Å². The van der Waals surface area contributed by atoms with Gasteiger partial charge in [-0.15, -0.1) is 11.8 Å². The van der Waals surface area contributed by atoms with E-state index in [9.17, 15) is 9.59 Å². The molecular weight excluding hydrogens is 358 g/mol. The second kappa shape index (κ2) is 9.60. The van der Waals surface area contributed by atoms with Gasteiger partial charge >= 0.3 is 0 Å². The summed E-state index contributed by atoms with van der Waals surface area (Å²) in [6, 6.07) is 8.24. The molecular formula is C21H32N3O2S+. The fourth-order valence-electron chi connectivity index (χ4n) is 4.57. The highest BCUT2D eigenvalue weighted by atomic mass is 32.2. The molecule has 2 amide bonds. The van der Waals surface area contributed by atoms with Crippen LogP contribution in [0.1, 0.15) is 38.5 Å². The van der Waals surface area contributed by atoms with Gasteiger partial charge in [0.25, 0.3) is 11.8 Å². The molecule has 3 atom stereocenters. The highest BCUT2D eigenvalue weighted by Gasteiger charge is 2.36. The van der Waals surface area contributed by atoms with Gasteiger partial charge in [-0.1, -0.05) is 25.0 Å². The molecule has 0 spiro atoms. The lowest BCUT2D eigenvalue weighted by molar-refractivity contribution is -0.862. The van der Waals surface area contributed by atoms with Crippen molar-refractivity contribution in [1.29, 1.82) is 0 Å². The van der Waals surface area contributed by atoms with E-state index in [2.05, 4.69) is 10.2 Å². The minimum atomic E-state index is -0.0454. The molecule has 1 heterocycles. The molecule has 1 aliphatic carbocycles. The maximum Gasteiger partial charge on any atom is 0.279 e. The first kappa shape index (κ1) is 20.2. The topological polar surface area (TPSA) is 53.9 Å². The minimum absolute atomic E-state index is 0.0454. The van der Waals surface area contributed by atoms with Gasteiger partial charge in [0.2, 0.25) is 0 Å². The summed E-state index contributed by atoms with van der Waals surface area (Å²) in [5.41, 5.74) is 0.843. The van der Waals surface area contributed by atoms with E-state index in [1.807, 2.05) is 37.6 Å². The molecule has 1 aromatic rings. The lowest BCUT2D eigenvalue weighted by atomic mass is 9.78. The molecule has 1 aliphatic heterocycles. The first-order valence-corrected chi connectivity index (χ1v) is 11.3. The maximum absolute atomic E-state index is 12.9. The second-order valence-corrected chi connectivity index (χ2v) is 8.75. The van der Waals surface area contributed by atoms with Crippen molar-refractivity contribution in [2.24, 2.45) is 5.92 Å². The summed E-state index contributed by atoms with van der Waals surface area (Å²) in [6.45, 7) is 1.58. The lowest BCUT2D eigenvalue weighted by Crippen LogP contribution is -3.11. The third kappa shape index (κ3) is 5.26. The van der Waals surface area contributed by atoms with E-state index in [0.717, 1.165) is 34.9 Å². The van der Waals surface area contributed by atoms with E-state index in [1.54, 1.807) is 11.8 Å². The van der Waals surface area contributed by atoms with Gasteiger partial charge in [-0.25, -0.2) is 0 Å². The third-order valence-electron chi connectivity index (χ3n) is 5.86. The van der Waals surface area contributed by atoms with Crippen molar-refractivity contribution in [2.45, 2.75) is 49.5 Å². The molecule has 1 saturated carbocycles. The predicted molar refractivity (Wildman–Crippen MR) is 110 cm³/mol. The Hall–Kier alpha value is -1.53. The molecule has 0 radical (unpaired) electrons. The minimum Gasteiger partial charge on any atom is -0.335 e. The molecule has 2 fully saturated rings. The number of carbonyl (C=O) groups excluding carboxylic acids is 2. The zero-order valence-corrected chi connectivity index (χ0v) is 17.3. The number of likely N-dealkylation sites (tertiary alicyclic amines) is 1. The Bertz CT molecular complexity index is 665. The van der Waals surface area contributed by atoms with Crippen molar-refractivity contribution in [3.05, 3.63) is 24.3 Å². The van der Waals surface area contributed by atoms with Gasteiger partial charge in [0.05, 0.1) is 12.7 Å². The highest BCUT2D eigenvalue weighted by molar-refractivity contribution is 7.98. The van der Waals surface area contributed by atoms with E-state index >= 15 is 0 Å². The second-order valence-electron chi connectivity index (χ2n) is 7.90.